The lowest BCUT2D eigenvalue weighted by Crippen LogP contribution is -2.15. The summed E-state index contributed by atoms with van der Waals surface area (Å²) in [5.74, 6) is -0.128. The fraction of sp³-hybridized carbons (Fsp3) is 0.0769. The van der Waals surface area contributed by atoms with Crippen molar-refractivity contribution in [2.75, 3.05) is 5.32 Å². The van der Waals surface area contributed by atoms with Gasteiger partial charge in [-0.25, -0.2) is 0 Å². The van der Waals surface area contributed by atoms with Crippen LogP contribution in [0.1, 0.15) is 5.69 Å². The fourth-order valence-corrected chi connectivity index (χ4v) is 2.00. The normalized spacial score (nSPS) is 10.1. The molecule has 0 unspecified atom stereocenters. The second-order valence-corrected chi connectivity index (χ2v) is 4.85. The minimum absolute atomic E-state index is 0.128. The summed E-state index contributed by atoms with van der Waals surface area (Å²) in [5.41, 5.74) is 1.39. The molecule has 1 aromatic carbocycles. The Labute approximate surface area is 118 Å². The first-order valence-electron chi connectivity index (χ1n) is 5.30. The molecule has 0 saturated heterocycles. The van der Waals surface area contributed by atoms with Crippen molar-refractivity contribution in [1.29, 1.82) is 0 Å². The number of benzene rings is 1. The Hall–Kier alpha value is -1.39. The minimum atomic E-state index is -0.128. The van der Waals surface area contributed by atoms with Crippen LogP contribution in [0.15, 0.2) is 47.1 Å². The van der Waals surface area contributed by atoms with Crippen molar-refractivity contribution < 1.29 is 4.79 Å². The van der Waals surface area contributed by atoms with Crippen LogP contribution in [-0.4, -0.2) is 10.9 Å². The molecular weight excluding hydrogens is 316 g/mol. The molecule has 0 aliphatic rings. The first-order valence-corrected chi connectivity index (χ1v) is 6.47. The van der Waals surface area contributed by atoms with Gasteiger partial charge in [0.05, 0.1) is 21.6 Å². The van der Waals surface area contributed by atoms with E-state index in [-0.39, 0.29) is 12.3 Å². The van der Waals surface area contributed by atoms with Crippen LogP contribution in [0.3, 0.4) is 0 Å². The molecule has 2 rings (SSSR count). The van der Waals surface area contributed by atoms with Gasteiger partial charge in [-0.1, -0.05) is 23.7 Å². The third-order valence-electron chi connectivity index (χ3n) is 2.29. The number of anilines is 1. The number of hydrogen-bond donors (Lipinski definition) is 1. The molecule has 2 aromatic rings. The third-order valence-corrected chi connectivity index (χ3v) is 3.69. The molecule has 1 heterocycles. The zero-order chi connectivity index (χ0) is 13.0. The lowest BCUT2D eigenvalue weighted by atomic mass is 10.2. The largest absolute Gasteiger partial charge is 0.325 e. The van der Waals surface area contributed by atoms with E-state index < -0.39 is 0 Å². The van der Waals surface area contributed by atoms with Crippen molar-refractivity contribution in [3.63, 3.8) is 0 Å². The maximum absolute atomic E-state index is 11.8. The van der Waals surface area contributed by atoms with Crippen molar-refractivity contribution in [2.45, 2.75) is 6.42 Å². The highest BCUT2D eigenvalue weighted by Crippen LogP contribution is 2.29. The smallest absolute Gasteiger partial charge is 0.230 e. The van der Waals surface area contributed by atoms with Gasteiger partial charge in [-0.15, -0.1) is 0 Å². The predicted octanol–water partition coefficient (Wildman–Crippen LogP) is 3.68. The highest BCUT2D eigenvalue weighted by Gasteiger charge is 2.08. The summed E-state index contributed by atoms with van der Waals surface area (Å²) in [6.45, 7) is 0. The topological polar surface area (TPSA) is 42.0 Å². The van der Waals surface area contributed by atoms with E-state index in [1.807, 2.05) is 18.2 Å². The second kappa shape index (κ2) is 5.98. The van der Waals surface area contributed by atoms with Gasteiger partial charge in [-0.05, 0) is 40.2 Å². The molecule has 92 valence electrons. The Morgan fingerprint density at radius 1 is 1.28 bits per heavy atom. The number of nitrogens with one attached hydrogen (secondary N) is 1. The fourth-order valence-electron chi connectivity index (χ4n) is 1.46. The van der Waals surface area contributed by atoms with Crippen LogP contribution in [0.4, 0.5) is 5.69 Å². The highest BCUT2D eigenvalue weighted by molar-refractivity contribution is 9.10. The molecule has 1 N–H and O–H groups in total. The molecule has 0 bridgehead atoms. The average Bonchev–Trinajstić information content (AvgIpc) is 2.36. The first kappa shape index (κ1) is 13.1. The van der Waals surface area contributed by atoms with E-state index in [1.165, 1.54) is 0 Å². The van der Waals surface area contributed by atoms with E-state index in [2.05, 4.69) is 26.2 Å². The van der Waals surface area contributed by atoms with Gasteiger partial charge in [0.1, 0.15) is 0 Å². The predicted molar refractivity (Wildman–Crippen MR) is 75.7 cm³/mol. The molecule has 0 atom stereocenters. The van der Waals surface area contributed by atoms with Crippen LogP contribution in [0.2, 0.25) is 5.02 Å². The van der Waals surface area contributed by atoms with Gasteiger partial charge in [0.15, 0.2) is 0 Å². The molecule has 0 saturated carbocycles. The number of rotatable bonds is 3. The van der Waals surface area contributed by atoms with Crippen LogP contribution in [0.25, 0.3) is 0 Å². The van der Waals surface area contributed by atoms with Gasteiger partial charge in [-0.2, -0.15) is 0 Å². The van der Waals surface area contributed by atoms with Gasteiger partial charge in [0.2, 0.25) is 5.91 Å². The lowest BCUT2D eigenvalue weighted by molar-refractivity contribution is -0.115. The number of carbonyl (C=O) groups excluding carboxylic acids is 1. The maximum atomic E-state index is 11.8. The number of carbonyl (C=O) groups is 1. The van der Waals surface area contributed by atoms with Crippen LogP contribution < -0.4 is 5.32 Å². The quantitative estimate of drug-likeness (QED) is 0.935. The maximum Gasteiger partial charge on any atom is 0.230 e. The Morgan fingerprint density at radius 2 is 2.11 bits per heavy atom. The summed E-state index contributed by atoms with van der Waals surface area (Å²) in [5, 5.41) is 3.35. The second-order valence-electron chi connectivity index (χ2n) is 3.65. The molecule has 0 aliphatic heterocycles. The standard InChI is InChI=1S/C13H10BrClN2O/c14-13-10(15)5-3-6-11(13)17-12(18)8-9-4-1-2-7-16-9/h1-7H,8H2,(H,17,18). The van der Waals surface area contributed by atoms with Crippen molar-refractivity contribution in [2.24, 2.45) is 0 Å². The molecule has 1 aromatic heterocycles. The summed E-state index contributed by atoms with van der Waals surface area (Å²) in [6.07, 6.45) is 1.90. The monoisotopic (exact) mass is 324 g/mol. The third kappa shape index (κ3) is 3.31. The average molecular weight is 326 g/mol. The molecule has 0 fully saturated rings. The lowest BCUT2D eigenvalue weighted by Gasteiger charge is -2.08. The van der Waals surface area contributed by atoms with Crippen LogP contribution in [-0.2, 0) is 11.2 Å². The Kier molecular flexibility index (Phi) is 4.33. The van der Waals surface area contributed by atoms with Crippen molar-refractivity contribution in [1.82, 2.24) is 4.98 Å². The van der Waals surface area contributed by atoms with Gasteiger partial charge in [0, 0.05) is 11.9 Å². The van der Waals surface area contributed by atoms with Crippen LogP contribution >= 0.6 is 27.5 Å². The first-order chi connectivity index (χ1) is 8.66. The van der Waals surface area contributed by atoms with Crippen molar-refractivity contribution in [3.05, 3.63) is 57.8 Å². The SMILES string of the molecule is O=C(Cc1ccccn1)Nc1cccc(Cl)c1Br. The molecule has 0 aliphatic carbocycles. The summed E-state index contributed by atoms with van der Waals surface area (Å²) >= 11 is 9.28. The number of halogens is 2. The zero-order valence-corrected chi connectivity index (χ0v) is 11.7. The highest BCUT2D eigenvalue weighted by atomic mass is 79.9. The van der Waals surface area contributed by atoms with Crippen molar-refractivity contribution in [3.8, 4) is 0 Å². The van der Waals surface area contributed by atoms with E-state index in [4.69, 9.17) is 11.6 Å². The summed E-state index contributed by atoms with van der Waals surface area (Å²) in [4.78, 5) is 15.9. The molecule has 0 spiro atoms. The van der Waals surface area contributed by atoms with Gasteiger partial charge < -0.3 is 5.32 Å². The van der Waals surface area contributed by atoms with E-state index in [0.29, 0.717) is 15.2 Å². The molecule has 5 heteroatoms. The number of pyridine rings is 1. The number of nitrogens with zero attached hydrogens (tertiary/aromatic N) is 1. The molecule has 18 heavy (non-hydrogen) atoms. The Balaban J connectivity index is 2.06. The van der Waals surface area contributed by atoms with Gasteiger partial charge in [0.25, 0.3) is 0 Å². The Morgan fingerprint density at radius 3 is 2.83 bits per heavy atom. The van der Waals surface area contributed by atoms with Gasteiger partial charge >= 0.3 is 0 Å². The van der Waals surface area contributed by atoms with E-state index in [0.717, 1.165) is 5.69 Å². The molecule has 1 amide bonds. The zero-order valence-electron chi connectivity index (χ0n) is 9.36. The summed E-state index contributed by atoms with van der Waals surface area (Å²) in [7, 11) is 0. The minimum Gasteiger partial charge on any atom is -0.325 e. The molecular formula is C13H10BrClN2O. The van der Waals surface area contributed by atoms with Crippen LogP contribution in [0, 0.1) is 0 Å². The van der Waals surface area contributed by atoms with E-state index in [1.54, 1.807) is 24.4 Å². The Bertz CT molecular complexity index is 560. The molecule has 3 nitrogen and oxygen atoms in total. The summed E-state index contributed by atoms with van der Waals surface area (Å²) < 4.78 is 0.682. The van der Waals surface area contributed by atoms with E-state index in [9.17, 15) is 4.79 Å². The number of amides is 1. The summed E-state index contributed by atoms with van der Waals surface area (Å²) in [6, 6.07) is 10.8. The van der Waals surface area contributed by atoms with Crippen molar-refractivity contribution >= 4 is 39.1 Å². The number of aromatic nitrogens is 1. The number of hydrogen-bond acceptors (Lipinski definition) is 2. The molecule has 0 radical (unpaired) electrons. The van der Waals surface area contributed by atoms with E-state index >= 15 is 0 Å². The van der Waals surface area contributed by atoms with Gasteiger partial charge in [-0.3, -0.25) is 9.78 Å². The van der Waals surface area contributed by atoms with Crippen LogP contribution in [0.5, 0.6) is 0 Å².